The molecule has 0 amide bonds. The van der Waals surface area contributed by atoms with E-state index in [1.165, 1.54) is 6.92 Å². The summed E-state index contributed by atoms with van der Waals surface area (Å²) in [6, 6.07) is 0. The number of nitrogens with zero attached hydrogens (tertiary/aromatic N) is 2. The summed E-state index contributed by atoms with van der Waals surface area (Å²) < 4.78 is 67.5. The molecule has 2 rings (SSSR count). The van der Waals surface area contributed by atoms with Crippen molar-refractivity contribution in [3.05, 3.63) is 11.4 Å². The summed E-state index contributed by atoms with van der Waals surface area (Å²) in [7, 11) is -5.74. The molecule has 0 aliphatic carbocycles. The molecule has 0 unspecified atom stereocenters. The zero-order valence-corrected chi connectivity index (χ0v) is 10.5. The summed E-state index contributed by atoms with van der Waals surface area (Å²) >= 11 is 0. The van der Waals surface area contributed by atoms with Crippen LogP contribution in [0.2, 0.25) is 0 Å². The summed E-state index contributed by atoms with van der Waals surface area (Å²) in [6.07, 6.45) is 1.06. The number of ether oxygens (including phenoxy) is 1. The third kappa shape index (κ3) is 2.72. The van der Waals surface area contributed by atoms with Crippen molar-refractivity contribution in [1.29, 1.82) is 0 Å². The van der Waals surface area contributed by atoms with Gasteiger partial charge in [-0.3, -0.25) is 0 Å². The molecule has 1 aromatic rings. The fourth-order valence-electron chi connectivity index (χ4n) is 1.43. The topological polar surface area (TPSA) is 78.4 Å². The standard InChI is InChI=1S/C9H9F3N2O4S/c1-5-7(18-19(15,16)9(10,11)12)14-6-3-2-4-17-8(6)13-5/h2-4H2,1H3. The second-order valence-electron chi connectivity index (χ2n) is 3.80. The van der Waals surface area contributed by atoms with Crippen molar-refractivity contribution in [2.24, 2.45) is 0 Å². The first-order valence-electron chi connectivity index (χ1n) is 5.22. The summed E-state index contributed by atoms with van der Waals surface area (Å²) in [5.74, 6) is -0.484. The molecule has 1 aromatic heterocycles. The van der Waals surface area contributed by atoms with Crippen LogP contribution in [0.3, 0.4) is 0 Å². The second-order valence-corrected chi connectivity index (χ2v) is 5.34. The van der Waals surface area contributed by atoms with Gasteiger partial charge in [-0.15, -0.1) is 0 Å². The summed E-state index contributed by atoms with van der Waals surface area (Å²) in [4.78, 5) is 7.56. The zero-order valence-electron chi connectivity index (χ0n) is 9.69. The van der Waals surface area contributed by atoms with Gasteiger partial charge in [0.25, 0.3) is 5.88 Å². The first-order valence-corrected chi connectivity index (χ1v) is 6.62. The number of aromatic nitrogens is 2. The molecule has 0 spiro atoms. The van der Waals surface area contributed by atoms with Crippen molar-refractivity contribution in [3.8, 4) is 11.8 Å². The Bertz CT molecular complexity index is 600. The van der Waals surface area contributed by atoms with E-state index in [1.54, 1.807) is 0 Å². The highest BCUT2D eigenvalue weighted by atomic mass is 32.2. The zero-order chi connectivity index (χ0) is 14.3. The Morgan fingerprint density at radius 2 is 2.00 bits per heavy atom. The molecule has 1 aliphatic rings. The van der Waals surface area contributed by atoms with Crippen LogP contribution in [0, 0.1) is 6.92 Å². The maximum atomic E-state index is 12.2. The van der Waals surface area contributed by atoms with Crippen LogP contribution in [0.4, 0.5) is 13.2 Å². The average molecular weight is 298 g/mol. The molecule has 19 heavy (non-hydrogen) atoms. The number of fused-ring (bicyclic) bond motifs is 1. The molecule has 10 heteroatoms. The van der Waals surface area contributed by atoms with Crippen LogP contribution in [-0.4, -0.2) is 30.5 Å². The van der Waals surface area contributed by atoms with Crippen molar-refractivity contribution >= 4 is 10.1 Å². The van der Waals surface area contributed by atoms with Gasteiger partial charge in [-0.25, -0.2) is 9.97 Å². The highest BCUT2D eigenvalue weighted by molar-refractivity contribution is 7.87. The summed E-state index contributed by atoms with van der Waals surface area (Å²) in [5.41, 5.74) is -5.31. The molecule has 0 saturated heterocycles. The molecule has 0 atom stereocenters. The molecule has 106 valence electrons. The molecule has 1 aliphatic heterocycles. The third-order valence-corrected chi connectivity index (χ3v) is 3.28. The van der Waals surface area contributed by atoms with Crippen LogP contribution in [-0.2, 0) is 16.5 Å². The van der Waals surface area contributed by atoms with E-state index in [4.69, 9.17) is 4.74 Å². The summed E-state index contributed by atoms with van der Waals surface area (Å²) in [5, 5.41) is 0. The van der Waals surface area contributed by atoms with Gasteiger partial charge in [0.1, 0.15) is 11.4 Å². The molecule has 0 fully saturated rings. The quantitative estimate of drug-likeness (QED) is 0.605. The van der Waals surface area contributed by atoms with Crippen molar-refractivity contribution in [2.45, 2.75) is 25.3 Å². The van der Waals surface area contributed by atoms with E-state index in [1.807, 2.05) is 0 Å². The Hall–Kier alpha value is -1.58. The molecule has 0 aromatic carbocycles. The van der Waals surface area contributed by atoms with Gasteiger partial charge in [0.05, 0.1) is 6.61 Å². The van der Waals surface area contributed by atoms with Gasteiger partial charge in [0, 0.05) is 0 Å². The fourth-order valence-corrected chi connectivity index (χ4v) is 1.89. The molecule has 0 bridgehead atoms. The molecule has 0 saturated carbocycles. The SMILES string of the molecule is Cc1nc2c(nc1OS(=O)(=O)C(F)(F)F)CCCO2. The van der Waals surface area contributed by atoms with Gasteiger partial charge in [-0.1, -0.05) is 0 Å². The molecule has 2 heterocycles. The second kappa shape index (κ2) is 4.51. The van der Waals surface area contributed by atoms with Gasteiger partial charge in [-0.05, 0) is 19.8 Å². The predicted molar refractivity (Wildman–Crippen MR) is 56.2 cm³/mol. The van der Waals surface area contributed by atoms with Crippen molar-refractivity contribution in [1.82, 2.24) is 9.97 Å². The fraction of sp³-hybridized carbons (Fsp3) is 0.556. The lowest BCUT2D eigenvalue weighted by atomic mass is 10.2. The Morgan fingerprint density at radius 1 is 1.32 bits per heavy atom. The minimum Gasteiger partial charge on any atom is -0.476 e. The Labute approximate surface area is 106 Å². The lowest BCUT2D eigenvalue weighted by molar-refractivity contribution is -0.0501. The van der Waals surface area contributed by atoms with Crippen molar-refractivity contribution in [3.63, 3.8) is 0 Å². The average Bonchev–Trinajstić information content (AvgIpc) is 2.28. The predicted octanol–water partition coefficient (Wildman–Crippen LogP) is 1.34. The van der Waals surface area contributed by atoms with E-state index >= 15 is 0 Å². The Morgan fingerprint density at radius 3 is 2.63 bits per heavy atom. The van der Waals surface area contributed by atoms with Gasteiger partial charge >= 0.3 is 15.6 Å². The van der Waals surface area contributed by atoms with E-state index in [0.29, 0.717) is 19.4 Å². The first kappa shape index (κ1) is 13.8. The normalized spacial score (nSPS) is 15.6. The number of aryl methyl sites for hydroxylation is 2. The van der Waals surface area contributed by atoms with Crippen LogP contribution in [0.1, 0.15) is 17.8 Å². The molecule has 0 radical (unpaired) electrons. The van der Waals surface area contributed by atoms with E-state index < -0.39 is 21.5 Å². The van der Waals surface area contributed by atoms with Crippen molar-refractivity contribution in [2.75, 3.05) is 6.61 Å². The highest BCUT2D eigenvalue weighted by Gasteiger charge is 2.49. The van der Waals surface area contributed by atoms with Crippen LogP contribution in [0.5, 0.6) is 11.8 Å². The van der Waals surface area contributed by atoms with Gasteiger partial charge in [0.15, 0.2) is 0 Å². The number of hydrogen-bond acceptors (Lipinski definition) is 6. The van der Waals surface area contributed by atoms with E-state index in [-0.39, 0.29) is 17.3 Å². The Balaban J connectivity index is 2.37. The monoisotopic (exact) mass is 298 g/mol. The molecule has 6 nitrogen and oxygen atoms in total. The van der Waals surface area contributed by atoms with Crippen LogP contribution >= 0.6 is 0 Å². The van der Waals surface area contributed by atoms with Crippen LogP contribution in [0.15, 0.2) is 0 Å². The van der Waals surface area contributed by atoms with Crippen LogP contribution in [0.25, 0.3) is 0 Å². The Kier molecular flexibility index (Phi) is 3.29. The van der Waals surface area contributed by atoms with E-state index in [2.05, 4.69) is 14.2 Å². The number of rotatable bonds is 2. The maximum absolute atomic E-state index is 12.2. The third-order valence-electron chi connectivity index (χ3n) is 2.33. The highest BCUT2D eigenvalue weighted by Crippen LogP contribution is 2.30. The van der Waals surface area contributed by atoms with Crippen LogP contribution < -0.4 is 8.92 Å². The summed E-state index contributed by atoms with van der Waals surface area (Å²) in [6.45, 7) is 1.72. The molecular formula is C9H9F3N2O4S. The van der Waals surface area contributed by atoms with Gasteiger partial charge < -0.3 is 8.92 Å². The lowest BCUT2D eigenvalue weighted by Gasteiger charge is -2.17. The minimum atomic E-state index is -5.74. The van der Waals surface area contributed by atoms with E-state index in [0.717, 1.165) is 0 Å². The molecule has 0 N–H and O–H groups in total. The number of hydrogen-bond donors (Lipinski definition) is 0. The van der Waals surface area contributed by atoms with Gasteiger partial charge in [0.2, 0.25) is 5.88 Å². The first-order chi connectivity index (χ1) is 8.71. The lowest BCUT2D eigenvalue weighted by Crippen LogP contribution is -2.29. The van der Waals surface area contributed by atoms with Crippen molar-refractivity contribution < 1.29 is 30.5 Å². The minimum absolute atomic E-state index is 0.0894. The smallest absolute Gasteiger partial charge is 0.476 e. The maximum Gasteiger partial charge on any atom is 0.534 e. The molecular weight excluding hydrogens is 289 g/mol. The number of halogens is 3. The largest absolute Gasteiger partial charge is 0.534 e. The van der Waals surface area contributed by atoms with E-state index in [9.17, 15) is 21.6 Å². The number of alkyl halides is 3. The van der Waals surface area contributed by atoms with Gasteiger partial charge in [-0.2, -0.15) is 21.6 Å².